The van der Waals surface area contributed by atoms with E-state index in [9.17, 15) is 24.5 Å². The maximum absolute atomic E-state index is 12.6. The van der Waals surface area contributed by atoms with Crippen LogP contribution in [0.1, 0.15) is 46.8 Å². The lowest BCUT2D eigenvalue weighted by molar-refractivity contribution is -0.386. The van der Waals surface area contributed by atoms with Crippen molar-refractivity contribution >= 4 is 22.6 Å². The monoisotopic (exact) mass is 412 g/mol. The number of rotatable bonds is 5. The molecule has 3 rings (SSSR count). The molecule has 0 saturated heterocycles. The topological polar surface area (TPSA) is 122 Å². The number of hydrogen-bond donors (Lipinski definition) is 0. The van der Waals surface area contributed by atoms with Crippen molar-refractivity contribution in [2.45, 2.75) is 33.2 Å². The Labute approximate surface area is 170 Å². The van der Waals surface area contributed by atoms with Crippen LogP contribution in [-0.2, 0) is 11.3 Å². The van der Waals surface area contributed by atoms with Crippen molar-refractivity contribution in [2.24, 2.45) is 0 Å². The molecule has 0 bridgehead atoms. The molecule has 0 amide bonds. The van der Waals surface area contributed by atoms with Crippen molar-refractivity contribution in [1.82, 2.24) is 4.57 Å². The number of esters is 1. The lowest BCUT2D eigenvalue weighted by Crippen LogP contribution is -2.25. The zero-order valence-corrected chi connectivity index (χ0v) is 16.9. The second-order valence-electron chi connectivity index (χ2n) is 7.25. The Balaban J connectivity index is 2.25. The fourth-order valence-corrected chi connectivity index (χ4v) is 3.43. The van der Waals surface area contributed by atoms with E-state index in [4.69, 9.17) is 4.42 Å². The van der Waals surface area contributed by atoms with Gasteiger partial charge in [0.1, 0.15) is 5.58 Å². The van der Waals surface area contributed by atoms with Crippen LogP contribution in [-0.4, -0.2) is 22.6 Å². The zero-order valence-electron chi connectivity index (χ0n) is 16.9. The standard InChI is InChI=1S/C21H20N2O7/c1-11(2)15-8-16-13(7-19(24)30-18(16)5-12(15)3)9-22-10-14(21(26)29-4)6-17(20(22)25)23(27)28/h5-8,10-11H,9H2,1-4H3. The quantitative estimate of drug-likeness (QED) is 0.273. The first kappa shape index (κ1) is 21.0. The number of hydrogen-bond acceptors (Lipinski definition) is 7. The molecular weight excluding hydrogens is 392 g/mol. The molecule has 30 heavy (non-hydrogen) atoms. The Kier molecular flexibility index (Phi) is 5.55. The molecule has 0 saturated carbocycles. The predicted octanol–water partition coefficient (Wildman–Crippen LogP) is 3.13. The van der Waals surface area contributed by atoms with E-state index in [1.807, 2.05) is 26.8 Å². The Bertz CT molecular complexity index is 1280. The molecule has 0 atom stereocenters. The van der Waals surface area contributed by atoms with Crippen LogP contribution in [0.5, 0.6) is 0 Å². The van der Waals surface area contributed by atoms with Crippen LogP contribution in [0.4, 0.5) is 5.69 Å². The highest BCUT2D eigenvalue weighted by atomic mass is 16.6. The van der Waals surface area contributed by atoms with Gasteiger partial charge in [0.25, 0.3) is 0 Å². The van der Waals surface area contributed by atoms with Crippen LogP contribution in [0.15, 0.2) is 44.5 Å². The van der Waals surface area contributed by atoms with Crippen molar-refractivity contribution in [3.05, 3.63) is 83.6 Å². The highest BCUT2D eigenvalue weighted by Crippen LogP contribution is 2.27. The molecule has 0 N–H and O–H groups in total. The van der Waals surface area contributed by atoms with E-state index >= 15 is 0 Å². The summed E-state index contributed by atoms with van der Waals surface area (Å²) in [5.41, 5.74) is 0.384. The van der Waals surface area contributed by atoms with Crippen molar-refractivity contribution < 1.29 is 18.9 Å². The minimum Gasteiger partial charge on any atom is -0.465 e. The molecule has 1 aromatic carbocycles. The molecule has 0 aliphatic heterocycles. The minimum atomic E-state index is -0.898. The molecular formula is C21H20N2O7. The zero-order chi connectivity index (χ0) is 22.2. The summed E-state index contributed by atoms with van der Waals surface area (Å²) in [7, 11) is 1.13. The third-order valence-electron chi connectivity index (χ3n) is 4.86. The summed E-state index contributed by atoms with van der Waals surface area (Å²) in [5.74, 6) is -0.609. The molecule has 156 valence electrons. The van der Waals surface area contributed by atoms with Crippen LogP contribution in [0.25, 0.3) is 11.0 Å². The molecule has 0 aliphatic rings. The maximum Gasteiger partial charge on any atom is 0.339 e. The van der Waals surface area contributed by atoms with Gasteiger partial charge >= 0.3 is 22.8 Å². The summed E-state index contributed by atoms with van der Waals surface area (Å²) in [6.07, 6.45) is 1.18. The smallest absolute Gasteiger partial charge is 0.339 e. The van der Waals surface area contributed by atoms with Gasteiger partial charge in [-0.05, 0) is 41.7 Å². The van der Waals surface area contributed by atoms with Crippen molar-refractivity contribution in [3.8, 4) is 0 Å². The van der Waals surface area contributed by atoms with Crippen LogP contribution in [0, 0.1) is 17.0 Å². The second kappa shape index (κ2) is 7.94. The molecule has 0 fully saturated rings. The third kappa shape index (κ3) is 3.86. The Morgan fingerprint density at radius 1 is 1.23 bits per heavy atom. The lowest BCUT2D eigenvalue weighted by atomic mass is 9.95. The van der Waals surface area contributed by atoms with Gasteiger partial charge in [0, 0.05) is 23.7 Å². The summed E-state index contributed by atoms with van der Waals surface area (Å²) >= 11 is 0. The van der Waals surface area contributed by atoms with E-state index in [2.05, 4.69) is 4.74 Å². The number of carbonyl (C=O) groups is 1. The molecule has 0 spiro atoms. The predicted molar refractivity (Wildman–Crippen MR) is 109 cm³/mol. The van der Waals surface area contributed by atoms with Gasteiger partial charge in [0.2, 0.25) is 0 Å². The number of aromatic nitrogens is 1. The van der Waals surface area contributed by atoms with E-state index in [1.54, 1.807) is 6.07 Å². The van der Waals surface area contributed by atoms with Crippen LogP contribution >= 0.6 is 0 Å². The Morgan fingerprint density at radius 2 is 1.93 bits per heavy atom. The molecule has 2 aromatic heterocycles. The number of fused-ring (bicyclic) bond motifs is 1. The molecule has 3 aromatic rings. The average molecular weight is 412 g/mol. The average Bonchev–Trinajstić information content (AvgIpc) is 2.67. The number of nitro groups is 1. The molecule has 0 unspecified atom stereocenters. The largest absolute Gasteiger partial charge is 0.465 e. The summed E-state index contributed by atoms with van der Waals surface area (Å²) in [5, 5.41) is 11.9. The first-order valence-electron chi connectivity index (χ1n) is 9.16. The number of nitrogens with zero attached hydrogens (tertiary/aromatic N) is 2. The number of benzene rings is 1. The van der Waals surface area contributed by atoms with Gasteiger partial charge in [0.15, 0.2) is 0 Å². The number of methoxy groups -OCH3 is 1. The Morgan fingerprint density at radius 3 is 2.53 bits per heavy atom. The number of pyridine rings is 1. The van der Waals surface area contributed by atoms with E-state index < -0.39 is 27.8 Å². The van der Waals surface area contributed by atoms with Crippen molar-refractivity contribution in [1.29, 1.82) is 0 Å². The lowest BCUT2D eigenvalue weighted by Gasteiger charge is -2.14. The molecule has 0 radical (unpaired) electrons. The van der Waals surface area contributed by atoms with Crippen LogP contribution < -0.4 is 11.2 Å². The number of ether oxygens (including phenoxy) is 1. The summed E-state index contributed by atoms with van der Waals surface area (Å²) < 4.78 is 10.9. The van der Waals surface area contributed by atoms with Gasteiger partial charge in [-0.25, -0.2) is 9.59 Å². The van der Waals surface area contributed by atoms with Crippen molar-refractivity contribution in [2.75, 3.05) is 7.11 Å². The first-order chi connectivity index (χ1) is 14.1. The third-order valence-corrected chi connectivity index (χ3v) is 4.86. The van der Waals surface area contributed by atoms with Gasteiger partial charge < -0.3 is 13.7 Å². The number of carbonyl (C=O) groups excluding carboxylic acids is 1. The normalized spacial score (nSPS) is 11.1. The summed E-state index contributed by atoms with van der Waals surface area (Å²) in [6.45, 7) is 5.81. The first-order valence-corrected chi connectivity index (χ1v) is 9.16. The fourth-order valence-electron chi connectivity index (χ4n) is 3.43. The Hall–Kier alpha value is -3.75. The second-order valence-corrected chi connectivity index (χ2v) is 7.25. The van der Waals surface area contributed by atoms with E-state index in [-0.39, 0.29) is 18.0 Å². The van der Waals surface area contributed by atoms with Crippen LogP contribution in [0.2, 0.25) is 0 Å². The van der Waals surface area contributed by atoms with E-state index in [1.165, 1.54) is 12.3 Å². The summed E-state index contributed by atoms with van der Waals surface area (Å²) in [6, 6.07) is 5.76. The van der Waals surface area contributed by atoms with E-state index in [0.717, 1.165) is 28.9 Å². The molecule has 2 heterocycles. The molecule has 9 nitrogen and oxygen atoms in total. The molecule has 0 aliphatic carbocycles. The highest BCUT2D eigenvalue weighted by Gasteiger charge is 2.21. The highest BCUT2D eigenvalue weighted by molar-refractivity contribution is 5.89. The van der Waals surface area contributed by atoms with Gasteiger partial charge in [-0.1, -0.05) is 13.8 Å². The fraction of sp³-hybridized carbons (Fsp3) is 0.286. The van der Waals surface area contributed by atoms with E-state index in [0.29, 0.717) is 16.5 Å². The molecule has 9 heteroatoms. The summed E-state index contributed by atoms with van der Waals surface area (Å²) in [4.78, 5) is 47.0. The SMILES string of the molecule is COC(=O)c1cc([N+](=O)[O-])c(=O)n(Cc2cc(=O)oc3cc(C)c(C(C)C)cc23)c1. The van der Waals surface area contributed by atoms with Gasteiger partial charge in [0.05, 0.1) is 24.1 Å². The number of aryl methyl sites for hydroxylation is 1. The minimum absolute atomic E-state index is 0.144. The van der Waals surface area contributed by atoms with Crippen LogP contribution in [0.3, 0.4) is 0 Å². The van der Waals surface area contributed by atoms with Gasteiger partial charge in [-0.2, -0.15) is 0 Å². The van der Waals surface area contributed by atoms with Gasteiger partial charge in [-0.15, -0.1) is 0 Å². The van der Waals surface area contributed by atoms with Gasteiger partial charge in [-0.3, -0.25) is 14.9 Å². The van der Waals surface area contributed by atoms with Crippen molar-refractivity contribution in [3.63, 3.8) is 0 Å². The maximum atomic E-state index is 12.6.